The summed E-state index contributed by atoms with van der Waals surface area (Å²) in [6, 6.07) is 15.8. The normalized spacial score (nSPS) is 13.5. The van der Waals surface area contributed by atoms with Gasteiger partial charge >= 0.3 is 0 Å². The number of methoxy groups -OCH3 is 1. The summed E-state index contributed by atoms with van der Waals surface area (Å²) in [7, 11) is 1.58. The summed E-state index contributed by atoms with van der Waals surface area (Å²) in [5.41, 5.74) is 1.48. The van der Waals surface area contributed by atoms with Crippen LogP contribution in [0.5, 0.6) is 5.75 Å². The number of ether oxygens (including phenoxy) is 1. The molecular weight excluding hydrogens is 292 g/mol. The summed E-state index contributed by atoms with van der Waals surface area (Å²) < 4.78 is 5.19. The van der Waals surface area contributed by atoms with E-state index in [4.69, 9.17) is 4.74 Å². The van der Waals surface area contributed by atoms with E-state index < -0.39 is 0 Å². The van der Waals surface area contributed by atoms with E-state index in [2.05, 4.69) is 4.98 Å². The molecular formula is C18H12N2O3. The fourth-order valence-electron chi connectivity index (χ4n) is 2.74. The highest BCUT2D eigenvalue weighted by atomic mass is 16.5. The Balaban J connectivity index is 1.84. The van der Waals surface area contributed by atoms with Crippen LogP contribution in [0.4, 0.5) is 5.82 Å². The lowest BCUT2D eigenvalue weighted by Gasteiger charge is -2.13. The highest BCUT2D eigenvalue weighted by Gasteiger charge is 2.37. The molecule has 2 amide bonds. The first-order chi connectivity index (χ1) is 11.2. The Hall–Kier alpha value is -3.21. The topological polar surface area (TPSA) is 59.5 Å². The number of carbonyl (C=O) groups excluding carboxylic acids is 2. The molecule has 0 radical (unpaired) electrons. The quantitative estimate of drug-likeness (QED) is 0.683. The zero-order valence-corrected chi connectivity index (χ0v) is 12.3. The van der Waals surface area contributed by atoms with Crippen molar-refractivity contribution >= 4 is 28.5 Å². The molecule has 0 spiro atoms. The zero-order valence-electron chi connectivity index (χ0n) is 12.3. The van der Waals surface area contributed by atoms with Crippen molar-refractivity contribution < 1.29 is 14.3 Å². The molecule has 0 unspecified atom stereocenters. The molecule has 0 fully saturated rings. The minimum Gasteiger partial charge on any atom is -0.497 e. The number of rotatable bonds is 2. The van der Waals surface area contributed by atoms with E-state index in [9.17, 15) is 9.59 Å². The smallest absolute Gasteiger partial charge is 0.267 e. The number of pyridine rings is 1. The number of nitrogens with zero attached hydrogens (tertiary/aromatic N) is 2. The maximum Gasteiger partial charge on any atom is 0.267 e. The van der Waals surface area contributed by atoms with Gasteiger partial charge in [-0.3, -0.25) is 9.59 Å². The number of fused-ring (bicyclic) bond motifs is 2. The van der Waals surface area contributed by atoms with Crippen LogP contribution in [0.1, 0.15) is 20.7 Å². The van der Waals surface area contributed by atoms with E-state index in [0.717, 1.165) is 10.3 Å². The summed E-state index contributed by atoms with van der Waals surface area (Å²) in [5.74, 6) is 0.294. The van der Waals surface area contributed by atoms with E-state index in [1.54, 1.807) is 43.5 Å². The third-order valence-electron chi connectivity index (χ3n) is 3.91. The number of hydrogen-bond acceptors (Lipinski definition) is 4. The Morgan fingerprint density at radius 3 is 2.22 bits per heavy atom. The SMILES string of the molecule is COc1ccc2ccc(N3C(=O)c4ccccc4C3=O)nc2c1. The molecule has 0 N–H and O–H groups in total. The molecule has 5 nitrogen and oxygen atoms in total. The molecule has 1 aromatic heterocycles. The van der Waals surface area contributed by atoms with Gasteiger partial charge < -0.3 is 4.74 Å². The van der Waals surface area contributed by atoms with Crippen LogP contribution in [0.2, 0.25) is 0 Å². The van der Waals surface area contributed by atoms with Gasteiger partial charge in [0, 0.05) is 11.5 Å². The number of amides is 2. The number of carbonyl (C=O) groups is 2. The van der Waals surface area contributed by atoms with Gasteiger partial charge in [0.2, 0.25) is 0 Å². The monoisotopic (exact) mass is 304 g/mol. The van der Waals surface area contributed by atoms with Gasteiger partial charge in [-0.2, -0.15) is 0 Å². The molecule has 5 heteroatoms. The molecule has 1 aliphatic rings. The van der Waals surface area contributed by atoms with Gasteiger partial charge in [-0.25, -0.2) is 9.88 Å². The van der Waals surface area contributed by atoms with Gasteiger partial charge in [0.15, 0.2) is 0 Å². The predicted molar refractivity (Wildman–Crippen MR) is 85.9 cm³/mol. The fraction of sp³-hybridized carbons (Fsp3) is 0.0556. The van der Waals surface area contributed by atoms with Crippen LogP contribution in [0.3, 0.4) is 0 Å². The molecule has 23 heavy (non-hydrogen) atoms. The largest absolute Gasteiger partial charge is 0.497 e. The highest BCUT2D eigenvalue weighted by molar-refractivity contribution is 6.34. The van der Waals surface area contributed by atoms with Crippen LogP contribution in [-0.2, 0) is 0 Å². The lowest BCUT2D eigenvalue weighted by molar-refractivity contribution is 0.0925. The number of imide groups is 1. The molecule has 4 rings (SSSR count). The second-order valence-electron chi connectivity index (χ2n) is 5.22. The average Bonchev–Trinajstić information content (AvgIpc) is 2.85. The first-order valence-electron chi connectivity index (χ1n) is 7.11. The second kappa shape index (κ2) is 4.91. The van der Waals surface area contributed by atoms with Crippen molar-refractivity contribution in [3.8, 4) is 5.75 Å². The van der Waals surface area contributed by atoms with Gasteiger partial charge in [-0.05, 0) is 36.4 Å². The van der Waals surface area contributed by atoms with E-state index in [1.165, 1.54) is 0 Å². The first-order valence-corrected chi connectivity index (χ1v) is 7.11. The van der Waals surface area contributed by atoms with Crippen LogP contribution in [0, 0.1) is 0 Å². The Morgan fingerprint density at radius 2 is 1.57 bits per heavy atom. The molecule has 3 aromatic rings. The van der Waals surface area contributed by atoms with E-state index in [1.807, 2.05) is 18.2 Å². The number of aromatic nitrogens is 1. The number of anilines is 1. The van der Waals surface area contributed by atoms with Crippen LogP contribution in [0.25, 0.3) is 10.9 Å². The van der Waals surface area contributed by atoms with Crippen molar-refractivity contribution in [2.24, 2.45) is 0 Å². The lowest BCUT2D eigenvalue weighted by atomic mass is 10.1. The highest BCUT2D eigenvalue weighted by Crippen LogP contribution is 2.29. The Labute approximate surface area is 132 Å². The van der Waals surface area contributed by atoms with Crippen LogP contribution < -0.4 is 9.64 Å². The van der Waals surface area contributed by atoms with Crippen LogP contribution >= 0.6 is 0 Å². The third kappa shape index (κ3) is 1.97. The van der Waals surface area contributed by atoms with Crippen molar-refractivity contribution in [3.63, 3.8) is 0 Å². The van der Waals surface area contributed by atoms with Crippen LogP contribution in [0.15, 0.2) is 54.6 Å². The molecule has 0 saturated heterocycles. The Kier molecular flexibility index (Phi) is 2.87. The standard InChI is InChI=1S/C18H12N2O3/c1-23-12-8-6-11-7-9-16(19-15(11)10-12)20-17(21)13-4-2-3-5-14(13)18(20)22/h2-10H,1H3. The number of hydrogen-bond donors (Lipinski definition) is 0. The first kappa shape index (κ1) is 13.5. The molecule has 2 aromatic carbocycles. The number of benzene rings is 2. The van der Waals surface area contributed by atoms with E-state index in [-0.39, 0.29) is 11.8 Å². The Bertz CT molecular complexity index is 930. The van der Waals surface area contributed by atoms with E-state index in [0.29, 0.717) is 28.2 Å². The summed E-state index contributed by atoms with van der Waals surface area (Å²) >= 11 is 0. The third-order valence-corrected chi connectivity index (χ3v) is 3.91. The summed E-state index contributed by atoms with van der Waals surface area (Å²) in [6.07, 6.45) is 0. The van der Waals surface area contributed by atoms with E-state index >= 15 is 0 Å². The van der Waals surface area contributed by atoms with Crippen LogP contribution in [-0.4, -0.2) is 23.9 Å². The molecule has 112 valence electrons. The summed E-state index contributed by atoms with van der Waals surface area (Å²) in [5, 5.41) is 0.908. The molecule has 1 aliphatic heterocycles. The maximum absolute atomic E-state index is 12.5. The summed E-state index contributed by atoms with van der Waals surface area (Å²) in [6.45, 7) is 0. The van der Waals surface area contributed by atoms with Gasteiger partial charge in [-0.1, -0.05) is 12.1 Å². The van der Waals surface area contributed by atoms with Gasteiger partial charge in [0.05, 0.1) is 23.8 Å². The molecule has 2 heterocycles. The Morgan fingerprint density at radius 1 is 0.913 bits per heavy atom. The zero-order chi connectivity index (χ0) is 16.0. The minimum atomic E-state index is -0.347. The molecule has 0 saturated carbocycles. The van der Waals surface area contributed by atoms with Crippen molar-refractivity contribution in [3.05, 3.63) is 65.7 Å². The lowest BCUT2D eigenvalue weighted by Crippen LogP contribution is -2.30. The van der Waals surface area contributed by atoms with Crippen molar-refractivity contribution in [2.45, 2.75) is 0 Å². The maximum atomic E-state index is 12.5. The van der Waals surface area contributed by atoms with Crippen molar-refractivity contribution in [1.82, 2.24) is 4.98 Å². The van der Waals surface area contributed by atoms with Gasteiger partial charge in [0.25, 0.3) is 11.8 Å². The molecule has 0 atom stereocenters. The van der Waals surface area contributed by atoms with Gasteiger partial charge in [-0.15, -0.1) is 0 Å². The fourth-order valence-corrected chi connectivity index (χ4v) is 2.74. The van der Waals surface area contributed by atoms with Crippen molar-refractivity contribution in [1.29, 1.82) is 0 Å². The second-order valence-corrected chi connectivity index (χ2v) is 5.22. The minimum absolute atomic E-state index is 0.317. The molecule has 0 bridgehead atoms. The van der Waals surface area contributed by atoms with Crippen molar-refractivity contribution in [2.75, 3.05) is 12.0 Å². The predicted octanol–water partition coefficient (Wildman–Crippen LogP) is 3.04. The average molecular weight is 304 g/mol. The van der Waals surface area contributed by atoms with Gasteiger partial charge in [0.1, 0.15) is 11.6 Å². The molecule has 0 aliphatic carbocycles. The summed E-state index contributed by atoms with van der Waals surface area (Å²) in [4.78, 5) is 30.6.